The van der Waals surface area contributed by atoms with E-state index >= 15 is 0 Å². The van der Waals surface area contributed by atoms with Gasteiger partial charge in [0.05, 0.1) is 13.0 Å². The van der Waals surface area contributed by atoms with E-state index in [9.17, 15) is 18.0 Å². The summed E-state index contributed by atoms with van der Waals surface area (Å²) in [7, 11) is 1.02. The first kappa shape index (κ1) is 12.5. The molecule has 2 N–H and O–H groups in total. The van der Waals surface area contributed by atoms with Gasteiger partial charge in [-0.3, -0.25) is 4.79 Å². The Morgan fingerprint density at radius 1 is 1.62 bits per heavy atom. The fraction of sp³-hybridized carbons (Fsp3) is 0.833. The highest BCUT2D eigenvalue weighted by Gasteiger charge is 2.69. The number of rotatable bonds is 1. The van der Waals surface area contributed by atoms with Crippen molar-refractivity contribution in [2.45, 2.75) is 18.1 Å². The summed E-state index contributed by atoms with van der Waals surface area (Å²) in [4.78, 5) is 10.7. The summed E-state index contributed by atoms with van der Waals surface area (Å²) in [6.07, 6.45) is -4.77. The van der Waals surface area contributed by atoms with E-state index < -0.39 is 23.6 Å². The van der Waals surface area contributed by atoms with E-state index in [0.29, 0.717) is 0 Å². The number of carbonyl (C=O) groups excluding carboxylic acids is 1. The number of carbonyl (C=O) groups is 1. The lowest BCUT2D eigenvalue weighted by Gasteiger charge is -2.10. The van der Waals surface area contributed by atoms with Gasteiger partial charge in [-0.1, -0.05) is 0 Å². The fourth-order valence-corrected chi connectivity index (χ4v) is 1.10. The maximum atomic E-state index is 11.9. The van der Waals surface area contributed by atoms with Crippen LogP contribution in [0.1, 0.15) is 6.42 Å². The lowest BCUT2D eigenvalue weighted by molar-refractivity contribution is -0.163. The number of alkyl halides is 3. The number of halogens is 4. The van der Waals surface area contributed by atoms with Crippen LogP contribution in [-0.4, -0.2) is 24.8 Å². The van der Waals surface area contributed by atoms with E-state index in [1.165, 1.54) is 0 Å². The SMILES string of the molecule is COC(=O)[C@]1(N)C[C@H]1C(F)(F)F.Cl. The Balaban J connectivity index is 0.00000144. The van der Waals surface area contributed by atoms with Crippen molar-refractivity contribution in [3.63, 3.8) is 0 Å². The van der Waals surface area contributed by atoms with Crippen LogP contribution in [0, 0.1) is 5.92 Å². The van der Waals surface area contributed by atoms with Gasteiger partial charge in [0.15, 0.2) is 0 Å². The van der Waals surface area contributed by atoms with Gasteiger partial charge in [-0.05, 0) is 6.42 Å². The second-order valence-electron chi connectivity index (χ2n) is 2.83. The van der Waals surface area contributed by atoms with Crippen molar-refractivity contribution >= 4 is 18.4 Å². The van der Waals surface area contributed by atoms with E-state index in [-0.39, 0.29) is 18.8 Å². The van der Waals surface area contributed by atoms with Gasteiger partial charge in [-0.25, -0.2) is 0 Å². The summed E-state index contributed by atoms with van der Waals surface area (Å²) >= 11 is 0. The van der Waals surface area contributed by atoms with Crippen molar-refractivity contribution in [1.82, 2.24) is 0 Å². The monoisotopic (exact) mass is 219 g/mol. The van der Waals surface area contributed by atoms with E-state index in [1.54, 1.807) is 0 Å². The molecule has 2 atom stereocenters. The first-order valence-corrected chi connectivity index (χ1v) is 3.26. The molecule has 0 radical (unpaired) electrons. The smallest absolute Gasteiger partial charge is 0.394 e. The van der Waals surface area contributed by atoms with Crippen LogP contribution in [0.2, 0.25) is 0 Å². The van der Waals surface area contributed by atoms with Gasteiger partial charge >= 0.3 is 12.1 Å². The van der Waals surface area contributed by atoms with Crippen molar-refractivity contribution in [2.24, 2.45) is 11.7 Å². The predicted octanol–water partition coefficient (Wildman–Crippen LogP) is 0.861. The molecular formula is C6H9ClF3NO2. The van der Waals surface area contributed by atoms with Crippen LogP contribution in [0.5, 0.6) is 0 Å². The Morgan fingerprint density at radius 2 is 2.08 bits per heavy atom. The van der Waals surface area contributed by atoms with Gasteiger partial charge in [0.2, 0.25) is 0 Å². The Kier molecular flexibility index (Phi) is 3.21. The molecule has 0 aromatic rings. The van der Waals surface area contributed by atoms with Gasteiger partial charge in [0, 0.05) is 0 Å². The Labute approximate surface area is 78.8 Å². The van der Waals surface area contributed by atoms with Gasteiger partial charge in [-0.15, -0.1) is 12.4 Å². The van der Waals surface area contributed by atoms with Gasteiger partial charge in [0.1, 0.15) is 5.54 Å². The Morgan fingerprint density at radius 3 is 2.31 bits per heavy atom. The lowest BCUT2D eigenvalue weighted by atomic mass is 10.2. The van der Waals surface area contributed by atoms with Gasteiger partial charge < -0.3 is 10.5 Å². The maximum Gasteiger partial charge on any atom is 0.394 e. The summed E-state index contributed by atoms with van der Waals surface area (Å²) < 4.78 is 40.0. The number of ether oxygens (including phenoxy) is 1. The first-order chi connectivity index (χ1) is 5.32. The predicted molar refractivity (Wildman–Crippen MR) is 40.3 cm³/mol. The molecule has 0 heterocycles. The van der Waals surface area contributed by atoms with Crippen LogP contribution < -0.4 is 5.73 Å². The Hall–Kier alpha value is -0.490. The number of nitrogens with two attached hydrogens (primary N) is 1. The lowest BCUT2D eigenvalue weighted by Crippen LogP contribution is -2.39. The minimum absolute atomic E-state index is 0. The average molecular weight is 220 g/mol. The highest BCUT2D eigenvalue weighted by Crippen LogP contribution is 2.52. The maximum absolute atomic E-state index is 11.9. The number of methoxy groups -OCH3 is 1. The largest absolute Gasteiger partial charge is 0.468 e. The van der Waals surface area contributed by atoms with E-state index in [0.717, 1.165) is 7.11 Å². The first-order valence-electron chi connectivity index (χ1n) is 3.26. The molecule has 78 valence electrons. The summed E-state index contributed by atoms with van der Waals surface area (Å²) in [6.45, 7) is 0. The topological polar surface area (TPSA) is 52.3 Å². The molecule has 0 unspecified atom stereocenters. The molecule has 0 amide bonds. The van der Waals surface area contributed by atoms with E-state index in [2.05, 4.69) is 4.74 Å². The normalized spacial score (nSPS) is 31.9. The zero-order chi connectivity index (χ0) is 9.57. The molecule has 0 aromatic carbocycles. The average Bonchev–Trinajstić information content (AvgIpc) is 2.61. The zero-order valence-corrected chi connectivity index (χ0v) is 7.54. The van der Waals surface area contributed by atoms with Crippen LogP contribution in [0.3, 0.4) is 0 Å². The molecule has 0 spiro atoms. The molecule has 1 rings (SSSR count). The quantitative estimate of drug-likeness (QED) is 0.666. The third-order valence-corrected chi connectivity index (χ3v) is 1.96. The van der Waals surface area contributed by atoms with Crippen LogP contribution in [0.15, 0.2) is 0 Å². The zero-order valence-electron chi connectivity index (χ0n) is 6.72. The molecule has 3 nitrogen and oxygen atoms in total. The van der Waals surface area contributed by atoms with Crippen molar-refractivity contribution in [3.8, 4) is 0 Å². The molecule has 13 heavy (non-hydrogen) atoms. The third-order valence-electron chi connectivity index (χ3n) is 1.96. The number of esters is 1. The summed E-state index contributed by atoms with van der Waals surface area (Å²) in [5, 5.41) is 0. The summed E-state index contributed by atoms with van der Waals surface area (Å²) in [5.41, 5.74) is 3.31. The van der Waals surface area contributed by atoms with Crippen molar-refractivity contribution < 1.29 is 22.7 Å². The van der Waals surface area contributed by atoms with Crippen molar-refractivity contribution in [3.05, 3.63) is 0 Å². The molecule has 0 bridgehead atoms. The highest BCUT2D eigenvalue weighted by molar-refractivity contribution is 5.85. The standard InChI is InChI=1S/C6H8F3NO2.ClH/c1-12-4(11)5(10)2-3(5)6(7,8)9;/h3H,2,10H2,1H3;1H/t3-,5+;/m1./s1. The summed E-state index contributed by atoms with van der Waals surface area (Å²) in [5.74, 6) is -2.73. The molecule has 1 fully saturated rings. The molecule has 7 heteroatoms. The van der Waals surface area contributed by atoms with Crippen molar-refractivity contribution in [2.75, 3.05) is 7.11 Å². The minimum Gasteiger partial charge on any atom is -0.468 e. The molecule has 1 aliphatic rings. The van der Waals surface area contributed by atoms with Gasteiger partial charge in [0.25, 0.3) is 0 Å². The highest BCUT2D eigenvalue weighted by atomic mass is 35.5. The minimum atomic E-state index is -4.40. The van der Waals surface area contributed by atoms with Crippen LogP contribution in [0.25, 0.3) is 0 Å². The molecule has 1 aliphatic carbocycles. The number of hydrogen-bond donors (Lipinski definition) is 1. The second kappa shape index (κ2) is 3.34. The molecule has 1 saturated carbocycles. The fourth-order valence-electron chi connectivity index (χ4n) is 1.10. The van der Waals surface area contributed by atoms with Crippen molar-refractivity contribution in [1.29, 1.82) is 0 Å². The van der Waals surface area contributed by atoms with Crippen LogP contribution in [-0.2, 0) is 9.53 Å². The Bertz CT molecular complexity index is 220. The second-order valence-corrected chi connectivity index (χ2v) is 2.83. The summed E-state index contributed by atoms with van der Waals surface area (Å²) in [6, 6.07) is 0. The molecule has 0 saturated heterocycles. The molecular weight excluding hydrogens is 211 g/mol. The van der Waals surface area contributed by atoms with Crippen LogP contribution >= 0.6 is 12.4 Å². The molecule has 0 aromatic heterocycles. The van der Waals surface area contributed by atoms with Gasteiger partial charge in [-0.2, -0.15) is 13.2 Å². The molecule has 0 aliphatic heterocycles. The number of hydrogen-bond acceptors (Lipinski definition) is 3. The third kappa shape index (κ3) is 2.05. The van der Waals surface area contributed by atoms with E-state index in [1.807, 2.05) is 0 Å². The van der Waals surface area contributed by atoms with E-state index in [4.69, 9.17) is 5.73 Å². The van der Waals surface area contributed by atoms with Crippen LogP contribution in [0.4, 0.5) is 13.2 Å².